The van der Waals surface area contributed by atoms with Crippen LogP contribution in [0.15, 0.2) is 167 Å². The Bertz CT molecular complexity index is 3610. The zero-order valence-electron chi connectivity index (χ0n) is 33.2. The zero-order chi connectivity index (χ0) is 40.7. The number of aromatic nitrogens is 4. The number of nitrogens with one attached hydrogen (secondary N) is 2. The van der Waals surface area contributed by atoms with Gasteiger partial charge in [-0.2, -0.15) is 22.7 Å². The molecular weight excluding hydrogens is 793 g/mol. The van der Waals surface area contributed by atoms with E-state index >= 15 is 0 Å². The maximum absolute atomic E-state index is 5.59. The molecule has 62 heavy (non-hydrogen) atoms. The first-order valence-electron chi connectivity index (χ1n) is 20.8. The number of benzene rings is 6. The highest BCUT2D eigenvalue weighted by molar-refractivity contribution is 7.08. The molecule has 2 aliphatic heterocycles. The fraction of sp³-hybridized carbons (Fsp3) is 0. The molecule has 7 heterocycles. The topological polar surface area (TPSA) is 57.4 Å². The molecule has 0 saturated heterocycles. The summed E-state index contributed by atoms with van der Waals surface area (Å²) < 4.78 is 0. The summed E-state index contributed by atoms with van der Waals surface area (Å²) in [5.74, 6) is 0. The SMILES string of the molecule is C1=Cc2nc1c(-c1ccsc1)c1ccc([nH]1)c(-c1cc3ccccc3c3ccccc13)c1nc(c(-c3ccsc3)c3ccc([nH]3)c2-c2cc3ccccc3c3ccccc23)C=C1. The van der Waals surface area contributed by atoms with Crippen molar-refractivity contribution in [2.45, 2.75) is 0 Å². The van der Waals surface area contributed by atoms with Crippen LogP contribution in [0.25, 0.3) is 134 Å². The van der Waals surface area contributed by atoms with Gasteiger partial charge >= 0.3 is 0 Å². The monoisotopic (exact) mass is 826 g/mol. The number of aromatic amines is 2. The third-order valence-corrected chi connectivity index (χ3v) is 13.8. The molecular formula is C56H34N4S2. The molecule has 0 atom stereocenters. The molecule has 0 amide bonds. The van der Waals surface area contributed by atoms with Crippen LogP contribution in [0.2, 0.25) is 0 Å². The highest BCUT2D eigenvalue weighted by atomic mass is 32.1. The summed E-state index contributed by atoms with van der Waals surface area (Å²) in [6, 6.07) is 52.8. The van der Waals surface area contributed by atoms with Crippen LogP contribution in [0, 0.1) is 0 Å². The van der Waals surface area contributed by atoms with Gasteiger partial charge in [-0.25, -0.2) is 9.97 Å². The van der Waals surface area contributed by atoms with E-state index in [0.717, 1.165) is 89.4 Å². The summed E-state index contributed by atoms with van der Waals surface area (Å²) in [6.07, 6.45) is 8.75. The molecule has 0 fully saturated rings. The van der Waals surface area contributed by atoms with Gasteiger partial charge in [0.2, 0.25) is 0 Å². The van der Waals surface area contributed by atoms with Crippen molar-refractivity contribution < 1.29 is 0 Å². The zero-order valence-corrected chi connectivity index (χ0v) is 34.8. The molecule has 6 heteroatoms. The van der Waals surface area contributed by atoms with Gasteiger partial charge in [-0.3, -0.25) is 0 Å². The van der Waals surface area contributed by atoms with Crippen molar-refractivity contribution in [2.24, 2.45) is 0 Å². The van der Waals surface area contributed by atoms with Gasteiger partial charge in [0.05, 0.1) is 22.8 Å². The Kier molecular flexibility index (Phi) is 7.92. The van der Waals surface area contributed by atoms with E-state index in [1.54, 1.807) is 22.7 Å². The molecule has 290 valence electrons. The standard InChI is InChI=1S/C56H34N4S2/c1-3-11-37-33(9-1)29-43(41-15-7-5-13-39(37)41)55-49-21-17-45(57-49)53(35-25-27-61-31-35)47-19-23-51(59-47)56(44-30-34-10-2-4-12-38(34)40-14-6-8-16-42(40)44)52-24-20-48(60-52)54(36-26-28-62-32-36)46-18-22-50(55)58-46/h1-32,57,60H. The van der Waals surface area contributed by atoms with Crippen LogP contribution in [0.3, 0.4) is 0 Å². The second-order valence-corrected chi connectivity index (χ2v) is 17.5. The average molecular weight is 827 g/mol. The first-order valence-corrected chi connectivity index (χ1v) is 22.7. The van der Waals surface area contributed by atoms with Gasteiger partial charge in [0, 0.05) is 44.3 Å². The maximum atomic E-state index is 5.59. The minimum Gasteiger partial charge on any atom is -0.354 e. The first-order chi connectivity index (χ1) is 30.7. The number of hydrogen-bond donors (Lipinski definition) is 2. The molecule has 2 N–H and O–H groups in total. The Balaban J connectivity index is 1.22. The highest BCUT2D eigenvalue weighted by Crippen LogP contribution is 2.43. The van der Waals surface area contributed by atoms with Crippen molar-refractivity contribution >= 4 is 112 Å². The van der Waals surface area contributed by atoms with Gasteiger partial charge in [-0.05, 0) is 160 Å². The van der Waals surface area contributed by atoms with Gasteiger partial charge in [0.15, 0.2) is 0 Å². The highest BCUT2D eigenvalue weighted by Gasteiger charge is 2.21. The molecule has 13 rings (SSSR count). The van der Waals surface area contributed by atoms with Crippen LogP contribution < -0.4 is 0 Å². The maximum Gasteiger partial charge on any atom is 0.0737 e. The van der Waals surface area contributed by atoms with E-state index in [1.165, 1.54) is 43.1 Å². The van der Waals surface area contributed by atoms with E-state index in [2.05, 4.69) is 201 Å². The van der Waals surface area contributed by atoms with E-state index in [9.17, 15) is 0 Å². The van der Waals surface area contributed by atoms with E-state index in [0.29, 0.717) is 0 Å². The predicted octanol–water partition coefficient (Wildman–Crippen LogP) is 16.1. The quantitative estimate of drug-likeness (QED) is 0.174. The minimum atomic E-state index is 0.904. The van der Waals surface area contributed by atoms with Crippen LogP contribution in [0.1, 0.15) is 22.8 Å². The Morgan fingerprint density at radius 1 is 0.339 bits per heavy atom. The smallest absolute Gasteiger partial charge is 0.0737 e. The lowest BCUT2D eigenvalue weighted by Crippen LogP contribution is -1.91. The molecule has 0 spiro atoms. The van der Waals surface area contributed by atoms with Gasteiger partial charge in [-0.15, -0.1) is 0 Å². The van der Waals surface area contributed by atoms with Crippen LogP contribution in [-0.2, 0) is 0 Å². The van der Waals surface area contributed by atoms with E-state index in [-0.39, 0.29) is 0 Å². The van der Waals surface area contributed by atoms with E-state index < -0.39 is 0 Å². The van der Waals surface area contributed by atoms with E-state index in [1.807, 2.05) is 0 Å². The second kappa shape index (κ2) is 14.0. The molecule has 8 bridgehead atoms. The molecule has 11 aromatic rings. The van der Waals surface area contributed by atoms with Crippen LogP contribution in [0.5, 0.6) is 0 Å². The van der Waals surface area contributed by atoms with Crippen LogP contribution >= 0.6 is 22.7 Å². The minimum absolute atomic E-state index is 0.904. The first kappa shape index (κ1) is 35.1. The number of H-pyrrole nitrogens is 2. The average Bonchev–Trinajstić information content (AvgIpc) is 4.18. The summed E-state index contributed by atoms with van der Waals surface area (Å²) in [7, 11) is 0. The second-order valence-electron chi connectivity index (χ2n) is 15.9. The van der Waals surface area contributed by atoms with Crippen LogP contribution in [0.4, 0.5) is 0 Å². The third kappa shape index (κ3) is 5.51. The summed E-state index contributed by atoms with van der Waals surface area (Å²) in [4.78, 5) is 19.1. The molecule has 4 nitrogen and oxygen atoms in total. The molecule has 0 radical (unpaired) electrons. The molecule has 5 aromatic heterocycles. The van der Waals surface area contributed by atoms with Crippen molar-refractivity contribution in [3.8, 4) is 44.5 Å². The Labute approximate surface area is 364 Å². The lowest BCUT2D eigenvalue weighted by atomic mass is 9.92. The lowest BCUT2D eigenvalue weighted by molar-refractivity contribution is 1.31. The van der Waals surface area contributed by atoms with Crippen LogP contribution in [-0.4, -0.2) is 19.9 Å². The van der Waals surface area contributed by atoms with Gasteiger partial charge < -0.3 is 9.97 Å². The van der Waals surface area contributed by atoms with Gasteiger partial charge in [-0.1, -0.05) is 97.1 Å². The summed E-state index contributed by atoms with van der Waals surface area (Å²) >= 11 is 3.39. The van der Waals surface area contributed by atoms with E-state index in [4.69, 9.17) is 9.97 Å². The lowest BCUT2D eigenvalue weighted by Gasteiger charge is -2.12. The van der Waals surface area contributed by atoms with Crippen molar-refractivity contribution in [1.82, 2.24) is 19.9 Å². The molecule has 0 aliphatic carbocycles. The van der Waals surface area contributed by atoms with Gasteiger partial charge in [0.25, 0.3) is 0 Å². The number of hydrogen-bond acceptors (Lipinski definition) is 4. The number of thiophene rings is 2. The summed E-state index contributed by atoms with van der Waals surface area (Å²) in [5, 5.41) is 18.4. The summed E-state index contributed by atoms with van der Waals surface area (Å²) in [5.41, 5.74) is 16.3. The molecule has 2 aliphatic rings. The predicted molar refractivity (Wildman–Crippen MR) is 266 cm³/mol. The largest absolute Gasteiger partial charge is 0.354 e. The molecule has 0 saturated carbocycles. The number of rotatable bonds is 4. The fourth-order valence-electron chi connectivity index (χ4n) is 9.72. The normalized spacial score (nSPS) is 12.4. The van der Waals surface area contributed by atoms with Crippen molar-refractivity contribution in [1.29, 1.82) is 0 Å². The summed E-state index contributed by atoms with van der Waals surface area (Å²) in [6.45, 7) is 0. The number of nitrogens with zero attached hydrogens (tertiary/aromatic N) is 2. The van der Waals surface area contributed by atoms with Crippen molar-refractivity contribution in [3.05, 3.63) is 190 Å². The fourth-order valence-corrected chi connectivity index (χ4v) is 11.0. The van der Waals surface area contributed by atoms with Crippen molar-refractivity contribution in [3.63, 3.8) is 0 Å². The van der Waals surface area contributed by atoms with Crippen molar-refractivity contribution in [2.75, 3.05) is 0 Å². The molecule has 6 aromatic carbocycles. The number of fused-ring (bicyclic) bond motifs is 14. The molecule has 0 unspecified atom stereocenters. The Hall–Kier alpha value is -7.64. The third-order valence-electron chi connectivity index (χ3n) is 12.4. The Morgan fingerprint density at radius 2 is 0.694 bits per heavy atom. The van der Waals surface area contributed by atoms with Gasteiger partial charge in [0.1, 0.15) is 0 Å². The Morgan fingerprint density at radius 3 is 1.10 bits per heavy atom.